The molecular weight excluding hydrogens is 419 g/mol. The molecule has 0 spiro atoms. The Bertz CT molecular complexity index is 1040. The lowest BCUT2D eigenvalue weighted by Gasteiger charge is -2.29. The number of Topliss-reactive ketones (excluding diaryl/α,β-unsaturated/α-hetero) is 1. The van der Waals surface area contributed by atoms with Gasteiger partial charge in [-0.1, -0.05) is 18.9 Å². The van der Waals surface area contributed by atoms with Gasteiger partial charge in [-0.05, 0) is 54.2 Å². The molecule has 2 fully saturated rings. The second kappa shape index (κ2) is 9.13. The number of aromatic nitrogens is 2. The van der Waals surface area contributed by atoms with E-state index in [-0.39, 0.29) is 29.2 Å². The van der Waals surface area contributed by atoms with Crippen LogP contribution in [-0.2, 0) is 4.79 Å². The number of hydrogen-bond acceptors (Lipinski definition) is 8. The molecule has 2 amide bonds. The lowest BCUT2D eigenvalue weighted by atomic mass is 9.74. The number of amides is 2. The third-order valence-corrected chi connectivity index (χ3v) is 6.16. The largest absolute Gasteiger partial charge is 0.364 e. The Morgan fingerprint density at radius 2 is 1.91 bits per heavy atom. The monoisotopic (exact) mass is 444 g/mol. The van der Waals surface area contributed by atoms with Crippen molar-refractivity contribution in [2.24, 2.45) is 17.6 Å². The van der Waals surface area contributed by atoms with Gasteiger partial charge < -0.3 is 11.1 Å². The van der Waals surface area contributed by atoms with Crippen molar-refractivity contribution in [3.05, 3.63) is 40.8 Å². The molecule has 1 aromatic heterocycles. The normalized spacial score (nSPS) is 25.4. The number of carbonyl (C=O) groups excluding carboxylic acids is 3. The lowest BCUT2D eigenvalue weighted by Crippen LogP contribution is -2.37. The molecule has 2 aliphatic rings. The summed E-state index contributed by atoms with van der Waals surface area (Å²) in [6.45, 7) is 2.02. The van der Waals surface area contributed by atoms with Crippen molar-refractivity contribution in [1.29, 1.82) is 0 Å². The van der Waals surface area contributed by atoms with E-state index in [1.165, 1.54) is 12.1 Å². The number of hydrogen-bond donors (Lipinski definition) is 4. The first-order valence-corrected chi connectivity index (χ1v) is 10.6. The van der Waals surface area contributed by atoms with Crippen LogP contribution < -0.4 is 21.9 Å². The minimum Gasteiger partial charge on any atom is -0.364 e. The van der Waals surface area contributed by atoms with Gasteiger partial charge in [-0.3, -0.25) is 25.2 Å². The molecule has 32 heavy (non-hydrogen) atoms. The number of ketones is 1. The zero-order valence-corrected chi connectivity index (χ0v) is 17.6. The summed E-state index contributed by atoms with van der Waals surface area (Å²) in [5.74, 6) is -4.00. The molecule has 10 nitrogen and oxygen atoms in total. The first kappa shape index (κ1) is 22.0. The molecule has 1 saturated carbocycles. The van der Waals surface area contributed by atoms with E-state index in [1.807, 2.05) is 6.92 Å². The Balaban J connectivity index is 1.52. The van der Waals surface area contributed by atoms with Gasteiger partial charge in [0.15, 0.2) is 5.78 Å². The number of nitrogens with one attached hydrogen (secondary N) is 3. The SMILES string of the molecule is CC1CC(c2ccc(C(=O)C3CCCCC3C(=O)Nc3nonc3C(N)=O)c(F)c2)NN1. The fourth-order valence-corrected chi connectivity index (χ4v) is 4.48. The van der Waals surface area contributed by atoms with Crippen LogP contribution in [0.1, 0.15) is 71.5 Å². The number of nitrogens with zero attached hydrogens (tertiary/aromatic N) is 2. The highest BCUT2D eigenvalue weighted by molar-refractivity contribution is 6.04. The number of hydrazine groups is 1. The fourth-order valence-electron chi connectivity index (χ4n) is 4.48. The molecule has 0 radical (unpaired) electrons. The van der Waals surface area contributed by atoms with Gasteiger partial charge in [0.05, 0.1) is 5.56 Å². The molecule has 2 heterocycles. The highest BCUT2D eigenvalue weighted by Crippen LogP contribution is 2.35. The van der Waals surface area contributed by atoms with Crippen LogP contribution in [0.15, 0.2) is 22.8 Å². The second-order valence-electron chi connectivity index (χ2n) is 8.39. The average Bonchev–Trinajstić information content (AvgIpc) is 3.42. The second-order valence-corrected chi connectivity index (χ2v) is 8.39. The molecule has 5 N–H and O–H groups in total. The summed E-state index contributed by atoms with van der Waals surface area (Å²) in [4.78, 5) is 37.5. The summed E-state index contributed by atoms with van der Waals surface area (Å²) in [5, 5.41) is 9.34. The molecule has 4 rings (SSSR count). The highest BCUT2D eigenvalue weighted by Gasteiger charge is 2.38. The number of benzene rings is 1. The highest BCUT2D eigenvalue weighted by atomic mass is 19.1. The van der Waals surface area contributed by atoms with Crippen LogP contribution in [0.2, 0.25) is 0 Å². The van der Waals surface area contributed by atoms with E-state index in [1.54, 1.807) is 6.07 Å². The molecule has 1 aliphatic carbocycles. The summed E-state index contributed by atoms with van der Waals surface area (Å²) in [6.07, 6.45) is 3.23. The van der Waals surface area contributed by atoms with Crippen LogP contribution in [-0.4, -0.2) is 34.0 Å². The Kier molecular flexibility index (Phi) is 6.28. The zero-order chi connectivity index (χ0) is 22.8. The molecule has 170 valence electrons. The maximum absolute atomic E-state index is 14.9. The van der Waals surface area contributed by atoms with Gasteiger partial charge in [0.1, 0.15) is 5.82 Å². The predicted molar refractivity (Wildman–Crippen MR) is 111 cm³/mol. The van der Waals surface area contributed by atoms with E-state index in [0.717, 1.165) is 24.8 Å². The fraction of sp³-hybridized carbons (Fsp3) is 0.476. The van der Waals surface area contributed by atoms with Gasteiger partial charge in [0, 0.05) is 23.9 Å². The molecule has 2 aromatic rings. The Labute approximate surface area is 183 Å². The molecule has 1 saturated heterocycles. The van der Waals surface area contributed by atoms with E-state index < -0.39 is 35.3 Å². The van der Waals surface area contributed by atoms with E-state index >= 15 is 0 Å². The third-order valence-electron chi connectivity index (χ3n) is 6.16. The van der Waals surface area contributed by atoms with Gasteiger partial charge in [0.25, 0.3) is 5.91 Å². The molecule has 11 heteroatoms. The van der Waals surface area contributed by atoms with Crippen molar-refractivity contribution in [3.8, 4) is 0 Å². The van der Waals surface area contributed by atoms with Gasteiger partial charge >= 0.3 is 0 Å². The van der Waals surface area contributed by atoms with E-state index in [4.69, 9.17) is 5.73 Å². The van der Waals surface area contributed by atoms with Crippen molar-refractivity contribution in [2.75, 3.05) is 5.32 Å². The topological polar surface area (TPSA) is 152 Å². The minimum atomic E-state index is -0.902. The van der Waals surface area contributed by atoms with Gasteiger partial charge in [-0.2, -0.15) is 0 Å². The van der Waals surface area contributed by atoms with E-state index in [2.05, 4.69) is 31.1 Å². The minimum absolute atomic E-state index is 0.0293. The summed E-state index contributed by atoms with van der Waals surface area (Å²) >= 11 is 0. The summed E-state index contributed by atoms with van der Waals surface area (Å²) in [7, 11) is 0. The molecule has 1 aliphatic heterocycles. The smallest absolute Gasteiger partial charge is 0.274 e. The van der Waals surface area contributed by atoms with Crippen LogP contribution in [0.25, 0.3) is 0 Å². The Morgan fingerprint density at radius 1 is 1.16 bits per heavy atom. The van der Waals surface area contributed by atoms with Crippen molar-refractivity contribution in [1.82, 2.24) is 21.2 Å². The maximum Gasteiger partial charge on any atom is 0.274 e. The predicted octanol–water partition coefficient (Wildman–Crippen LogP) is 1.86. The Hall–Kier alpha value is -3.18. The van der Waals surface area contributed by atoms with Crippen LogP contribution >= 0.6 is 0 Å². The Morgan fingerprint density at radius 3 is 2.56 bits per heavy atom. The molecule has 4 atom stereocenters. The number of rotatable bonds is 6. The molecular formula is C21H25FN6O4. The molecule has 0 bridgehead atoms. The quantitative estimate of drug-likeness (QED) is 0.493. The van der Waals surface area contributed by atoms with Crippen molar-refractivity contribution < 1.29 is 23.4 Å². The summed E-state index contributed by atoms with van der Waals surface area (Å²) < 4.78 is 19.4. The van der Waals surface area contributed by atoms with Crippen molar-refractivity contribution >= 4 is 23.4 Å². The van der Waals surface area contributed by atoms with Gasteiger partial charge in [-0.15, -0.1) is 0 Å². The van der Waals surface area contributed by atoms with Crippen molar-refractivity contribution in [3.63, 3.8) is 0 Å². The van der Waals surface area contributed by atoms with Crippen molar-refractivity contribution in [2.45, 2.75) is 51.1 Å². The van der Waals surface area contributed by atoms with Crippen LogP contribution in [0.3, 0.4) is 0 Å². The summed E-state index contributed by atoms with van der Waals surface area (Å²) in [5.41, 5.74) is 11.8. The molecule has 4 unspecified atom stereocenters. The number of halogens is 1. The van der Waals surface area contributed by atoms with Crippen LogP contribution in [0, 0.1) is 17.7 Å². The summed E-state index contributed by atoms with van der Waals surface area (Å²) in [6, 6.07) is 4.84. The van der Waals surface area contributed by atoms with Gasteiger partial charge in [-0.25, -0.2) is 9.02 Å². The maximum atomic E-state index is 14.9. The van der Waals surface area contributed by atoms with Gasteiger partial charge in [0.2, 0.25) is 17.4 Å². The molecule has 1 aromatic carbocycles. The zero-order valence-electron chi connectivity index (χ0n) is 17.6. The first-order chi connectivity index (χ1) is 15.3. The number of primary amides is 1. The number of nitrogens with two attached hydrogens (primary N) is 1. The first-order valence-electron chi connectivity index (χ1n) is 10.6. The number of carbonyl (C=O) groups is 3. The van der Waals surface area contributed by atoms with Crippen LogP contribution in [0.4, 0.5) is 10.2 Å². The van der Waals surface area contributed by atoms with E-state index in [9.17, 15) is 18.8 Å². The average molecular weight is 444 g/mol. The number of anilines is 1. The van der Waals surface area contributed by atoms with E-state index in [0.29, 0.717) is 12.8 Å². The standard InChI is InChI=1S/C21H25FN6O4/c1-10-8-16(26-25-10)11-6-7-14(15(22)9-11)18(29)12-4-2-3-5-13(12)21(31)24-20-17(19(23)30)27-32-28-20/h6-7,9-10,12-13,16,25-26H,2-5,8H2,1H3,(H2,23,30)(H,24,28,31). The lowest BCUT2D eigenvalue weighted by molar-refractivity contribution is -0.122. The third kappa shape index (κ3) is 4.39. The van der Waals surface area contributed by atoms with Crippen LogP contribution in [0.5, 0.6) is 0 Å².